The van der Waals surface area contributed by atoms with Gasteiger partial charge >= 0.3 is 12.2 Å². The van der Waals surface area contributed by atoms with Crippen LogP contribution < -0.4 is 10.1 Å². The zero-order chi connectivity index (χ0) is 26.2. The van der Waals surface area contributed by atoms with Crippen LogP contribution in [0.25, 0.3) is 0 Å². The van der Waals surface area contributed by atoms with Gasteiger partial charge < -0.3 is 19.7 Å². The summed E-state index contributed by atoms with van der Waals surface area (Å²) in [6.45, 7) is 2.84. The zero-order valence-corrected chi connectivity index (χ0v) is 21.4. The topological polar surface area (TPSA) is 50.8 Å². The molecule has 37 heavy (non-hydrogen) atoms. The molecule has 2 amide bonds. The van der Waals surface area contributed by atoms with E-state index in [9.17, 15) is 18.0 Å². The van der Waals surface area contributed by atoms with Crippen LogP contribution in [-0.2, 0) is 10.9 Å². The van der Waals surface area contributed by atoms with Crippen LogP contribution in [0.15, 0.2) is 48.5 Å². The van der Waals surface area contributed by atoms with E-state index in [0.717, 1.165) is 25.3 Å². The molecule has 0 spiro atoms. The maximum atomic E-state index is 13.9. The lowest BCUT2D eigenvalue weighted by Gasteiger charge is -2.45. The molecule has 2 bridgehead atoms. The average molecular weight is 517 g/mol. The molecule has 2 saturated carbocycles. The number of halogens is 3. The molecule has 3 fully saturated rings. The van der Waals surface area contributed by atoms with E-state index in [1.54, 1.807) is 35.2 Å². The number of benzene rings is 2. The zero-order valence-electron chi connectivity index (χ0n) is 21.4. The lowest BCUT2D eigenvalue weighted by molar-refractivity contribution is -0.140. The molecule has 1 heterocycles. The first-order valence-electron chi connectivity index (χ1n) is 13.2. The molecule has 2 aromatic carbocycles. The normalized spacial score (nSPS) is 26.5. The SMILES string of the molecule is CCC1(NC(=O)N2CC(OC(c3ccc(OC)cc3)c3ccccc3C(F)(F)F)C2)CC2CCC(C2)C1. The summed E-state index contributed by atoms with van der Waals surface area (Å²) >= 11 is 0. The Hall–Kier alpha value is -2.74. The van der Waals surface area contributed by atoms with Crippen LogP contribution in [0.3, 0.4) is 0 Å². The third kappa shape index (κ3) is 5.44. The Kier molecular flexibility index (Phi) is 7.14. The van der Waals surface area contributed by atoms with E-state index in [2.05, 4.69) is 12.2 Å². The number of amides is 2. The highest BCUT2D eigenvalue weighted by atomic mass is 19.4. The predicted octanol–water partition coefficient (Wildman–Crippen LogP) is 6.57. The second-order valence-corrected chi connectivity index (χ2v) is 10.9. The van der Waals surface area contributed by atoms with Crippen LogP contribution in [0.1, 0.15) is 68.2 Å². The van der Waals surface area contributed by atoms with Crippen LogP contribution in [0.5, 0.6) is 5.75 Å². The van der Waals surface area contributed by atoms with E-state index in [0.29, 0.717) is 36.2 Å². The minimum absolute atomic E-state index is 0.0608. The highest BCUT2D eigenvalue weighted by Gasteiger charge is 2.45. The van der Waals surface area contributed by atoms with Gasteiger partial charge in [0.1, 0.15) is 11.9 Å². The second kappa shape index (κ2) is 10.2. The van der Waals surface area contributed by atoms with Crippen molar-refractivity contribution in [1.29, 1.82) is 0 Å². The summed E-state index contributed by atoms with van der Waals surface area (Å²) in [7, 11) is 1.54. The number of carbonyl (C=O) groups excluding carboxylic acids is 1. The number of alkyl halides is 3. The summed E-state index contributed by atoms with van der Waals surface area (Å²) in [5, 5.41) is 3.33. The number of hydrogen-bond donors (Lipinski definition) is 1. The van der Waals surface area contributed by atoms with Gasteiger partial charge in [0.25, 0.3) is 0 Å². The number of ether oxygens (including phenoxy) is 2. The third-order valence-corrected chi connectivity index (χ3v) is 8.49. The molecule has 0 radical (unpaired) electrons. The summed E-state index contributed by atoms with van der Waals surface area (Å²) < 4.78 is 53.1. The third-order valence-electron chi connectivity index (χ3n) is 8.49. The van der Waals surface area contributed by atoms with Gasteiger partial charge in [-0.3, -0.25) is 0 Å². The van der Waals surface area contributed by atoms with Crippen molar-refractivity contribution >= 4 is 6.03 Å². The van der Waals surface area contributed by atoms with Crippen LogP contribution in [-0.4, -0.2) is 42.8 Å². The minimum atomic E-state index is -4.51. The Morgan fingerprint density at radius 1 is 1.08 bits per heavy atom. The maximum Gasteiger partial charge on any atom is 0.416 e. The molecule has 1 aliphatic heterocycles. The van der Waals surface area contributed by atoms with Gasteiger partial charge in [-0.05, 0) is 66.8 Å². The molecule has 5 nitrogen and oxygen atoms in total. The van der Waals surface area contributed by atoms with E-state index < -0.39 is 17.8 Å². The maximum absolute atomic E-state index is 13.9. The molecule has 2 aliphatic carbocycles. The number of fused-ring (bicyclic) bond motifs is 2. The lowest BCUT2D eigenvalue weighted by atomic mass is 9.73. The summed E-state index contributed by atoms with van der Waals surface area (Å²) in [6, 6.07) is 12.3. The van der Waals surface area contributed by atoms with Gasteiger partial charge in [-0.1, -0.05) is 50.1 Å². The van der Waals surface area contributed by atoms with Crippen molar-refractivity contribution in [3.05, 3.63) is 65.2 Å². The number of carbonyl (C=O) groups is 1. The molecule has 3 atom stereocenters. The molecule has 1 N–H and O–H groups in total. The molecule has 2 aromatic rings. The smallest absolute Gasteiger partial charge is 0.416 e. The summed E-state index contributed by atoms with van der Waals surface area (Å²) in [5.74, 6) is 2.01. The molecule has 3 unspecified atom stereocenters. The fraction of sp³-hybridized carbons (Fsp3) is 0.552. The molecule has 200 valence electrons. The first kappa shape index (κ1) is 25.9. The Morgan fingerprint density at radius 2 is 1.73 bits per heavy atom. The van der Waals surface area contributed by atoms with Crippen molar-refractivity contribution in [2.45, 2.75) is 69.4 Å². The van der Waals surface area contributed by atoms with Gasteiger partial charge in [0.2, 0.25) is 0 Å². The van der Waals surface area contributed by atoms with Crippen molar-refractivity contribution in [3.63, 3.8) is 0 Å². The summed E-state index contributed by atoms with van der Waals surface area (Å²) in [6.07, 6.45) is 0.984. The number of urea groups is 1. The van der Waals surface area contributed by atoms with Crippen molar-refractivity contribution in [1.82, 2.24) is 10.2 Å². The van der Waals surface area contributed by atoms with Crippen molar-refractivity contribution in [2.24, 2.45) is 11.8 Å². The molecule has 5 rings (SSSR count). The van der Waals surface area contributed by atoms with Gasteiger partial charge in [-0.25, -0.2) is 4.79 Å². The van der Waals surface area contributed by atoms with E-state index in [4.69, 9.17) is 9.47 Å². The largest absolute Gasteiger partial charge is 0.497 e. The number of likely N-dealkylation sites (tertiary alicyclic amines) is 1. The van der Waals surface area contributed by atoms with E-state index in [1.807, 2.05) is 0 Å². The van der Waals surface area contributed by atoms with Crippen molar-refractivity contribution in [3.8, 4) is 5.75 Å². The second-order valence-electron chi connectivity index (χ2n) is 10.9. The van der Waals surface area contributed by atoms with E-state index >= 15 is 0 Å². The van der Waals surface area contributed by atoms with Crippen molar-refractivity contribution in [2.75, 3.05) is 20.2 Å². The van der Waals surface area contributed by atoms with Crippen LogP contribution in [0.4, 0.5) is 18.0 Å². The van der Waals surface area contributed by atoms with Gasteiger partial charge in [-0.15, -0.1) is 0 Å². The predicted molar refractivity (Wildman–Crippen MR) is 134 cm³/mol. The van der Waals surface area contributed by atoms with Gasteiger partial charge in [0.15, 0.2) is 0 Å². The number of nitrogens with one attached hydrogen (secondary N) is 1. The Bertz CT molecular complexity index is 1090. The molecule has 8 heteroatoms. The number of hydrogen-bond acceptors (Lipinski definition) is 3. The van der Waals surface area contributed by atoms with Crippen molar-refractivity contribution < 1.29 is 27.4 Å². The molecular formula is C29H35F3N2O3. The highest BCUT2D eigenvalue weighted by Crippen LogP contribution is 2.48. The minimum Gasteiger partial charge on any atom is -0.497 e. The molecule has 3 aliphatic rings. The molecule has 0 aromatic heterocycles. The van der Waals surface area contributed by atoms with E-state index in [1.165, 1.54) is 38.5 Å². The van der Waals surface area contributed by atoms with Crippen LogP contribution in [0, 0.1) is 11.8 Å². The van der Waals surface area contributed by atoms with Gasteiger partial charge in [0.05, 0.1) is 31.9 Å². The van der Waals surface area contributed by atoms with E-state index in [-0.39, 0.29) is 23.2 Å². The Morgan fingerprint density at radius 3 is 2.32 bits per heavy atom. The lowest BCUT2D eigenvalue weighted by Crippen LogP contribution is -2.62. The number of methoxy groups -OCH3 is 1. The molecule has 1 saturated heterocycles. The Balaban J connectivity index is 1.29. The first-order chi connectivity index (χ1) is 17.7. The summed E-state index contributed by atoms with van der Waals surface area (Å²) in [4.78, 5) is 14.8. The fourth-order valence-corrected chi connectivity index (χ4v) is 6.50. The fourth-order valence-electron chi connectivity index (χ4n) is 6.50. The standard InChI is InChI=1S/C29H35F3N2O3/c1-3-28(15-19-8-9-20(14-19)16-28)33-27(35)34-17-23(18-34)37-26(21-10-12-22(36-2)13-11-21)24-6-4-5-7-25(24)29(30,31)32/h4-7,10-13,19-20,23,26H,3,8-9,14-18H2,1-2H3,(H,33,35). The van der Waals surface area contributed by atoms with Gasteiger partial charge in [0, 0.05) is 5.54 Å². The average Bonchev–Trinajstić information content (AvgIpc) is 3.21. The number of rotatable bonds is 7. The van der Waals surface area contributed by atoms with Crippen LogP contribution >= 0.6 is 0 Å². The quantitative estimate of drug-likeness (QED) is 0.453. The van der Waals surface area contributed by atoms with Crippen LogP contribution in [0.2, 0.25) is 0 Å². The molecular weight excluding hydrogens is 481 g/mol. The monoisotopic (exact) mass is 516 g/mol. The highest BCUT2D eigenvalue weighted by molar-refractivity contribution is 5.76. The first-order valence-corrected chi connectivity index (χ1v) is 13.2. The Labute approximate surface area is 216 Å². The summed E-state index contributed by atoms with van der Waals surface area (Å²) in [5.41, 5.74) is -0.208. The number of nitrogens with zero attached hydrogens (tertiary/aromatic N) is 1. The van der Waals surface area contributed by atoms with Gasteiger partial charge in [-0.2, -0.15) is 13.2 Å².